The molecule has 8 heteroatoms. The summed E-state index contributed by atoms with van der Waals surface area (Å²) in [6.07, 6.45) is 9.30. The van der Waals surface area contributed by atoms with E-state index in [1.165, 1.54) is 6.42 Å². The minimum atomic E-state index is -1.30. The fourth-order valence-electron chi connectivity index (χ4n) is 7.65. The molecule has 238 valence electrons. The number of allylic oxidation sites excluding steroid dienone is 1. The van der Waals surface area contributed by atoms with E-state index in [1.807, 2.05) is 66.7 Å². The second kappa shape index (κ2) is 15.2. The Morgan fingerprint density at radius 2 is 1.80 bits per heavy atom. The lowest BCUT2D eigenvalue weighted by atomic mass is 9.64. The molecule has 5 rings (SSSR count). The number of amides is 2. The maximum atomic E-state index is 13.7. The van der Waals surface area contributed by atoms with Crippen LogP contribution in [-0.2, 0) is 20.7 Å². The zero-order valence-electron chi connectivity index (χ0n) is 25.6. The molecule has 0 aromatic heterocycles. The smallest absolute Gasteiger partial charge is 0.407 e. The molecule has 2 fully saturated rings. The Hall–Kier alpha value is -3.20. The normalized spacial score (nSPS) is 25.1. The van der Waals surface area contributed by atoms with Gasteiger partial charge in [-0.25, -0.2) is 4.79 Å². The number of fused-ring (bicyclic) bond motifs is 1. The summed E-state index contributed by atoms with van der Waals surface area (Å²) >= 11 is 0. The Morgan fingerprint density at radius 3 is 2.52 bits per heavy atom. The van der Waals surface area contributed by atoms with Crippen molar-refractivity contribution in [2.24, 2.45) is 17.1 Å². The standard InChI is InChI=1S/C36H48N2O6/c37-34(41)36(19-9-15-25-11-3-1-4-12-25,33-29-18-8-7-16-27(29)22-31(33)39)23-32(40)30(21-26-13-5-2-6-14-26)38-35(42)44-28-17-10-20-43-24-28/h1,3-4,7-9,11-12,15-16,18,26,28,30-33,39-40H,2,5-6,10,13-14,17,19-24H2,(H2,37,41)(H,38,42)/b15-9-/t28-,30?,31+,32-,33+,36+/m0/s1. The van der Waals surface area contributed by atoms with Gasteiger partial charge in [-0.1, -0.05) is 98.9 Å². The van der Waals surface area contributed by atoms with Crippen LogP contribution in [-0.4, -0.2) is 59.8 Å². The van der Waals surface area contributed by atoms with Crippen molar-refractivity contribution < 1.29 is 29.3 Å². The molecule has 2 aromatic rings. The molecule has 5 N–H and O–H groups in total. The number of primary amides is 1. The fourth-order valence-corrected chi connectivity index (χ4v) is 7.65. The number of nitrogens with two attached hydrogens (primary N) is 1. The van der Waals surface area contributed by atoms with E-state index in [0.29, 0.717) is 32.0 Å². The van der Waals surface area contributed by atoms with Crippen LogP contribution in [0.3, 0.4) is 0 Å². The van der Waals surface area contributed by atoms with E-state index in [9.17, 15) is 19.8 Å². The molecule has 1 unspecified atom stereocenters. The molecule has 2 aromatic carbocycles. The third kappa shape index (κ3) is 7.89. The van der Waals surface area contributed by atoms with Crippen molar-refractivity contribution in [1.29, 1.82) is 0 Å². The van der Waals surface area contributed by atoms with E-state index >= 15 is 0 Å². The van der Waals surface area contributed by atoms with E-state index in [4.69, 9.17) is 15.2 Å². The molecule has 3 aliphatic rings. The summed E-state index contributed by atoms with van der Waals surface area (Å²) in [4.78, 5) is 26.8. The first-order chi connectivity index (χ1) is 21.4. The molecule has 0 bridgehead atoms. The van der Waals surface area contributed by atoms with E-state index in [2.05, 4.69) is 5.32 Å². The summed E-state index contributed by atoms with van der Waals surface area (Å²) in [6, 6.07) is 16.9. The predicted molar refractivity (Wildman–Crippen MR) is 170 cm³/mol. The van der Waals surface area contributed by atoms with Gasteiger partial charge < -0.3 is 30.7 Å². The molecule has 2 aliphatic carbocycles. The van der Waals surface area contributed by atoms with Gasteiger partial charge in [0.25, 0.3) is 0 Å². The third-order valence-corrected chi connectivity index (χ3v) is 9.93. The topological polar surface area (TPSA) is 131 Å². The average Bonchev–Trinajstić information content (AvgIpc) is 3.37. The number of hydrogen-bond acceptors (Lipinski definition) is 6. The van der Waals surface area contributed by atoms with E-state index in [1.54, 1.807) is 0 Å². The maximum Gasteiger partial charge on any atom is 0.407 e. The summed E-state index contributed by atoms with van der Waals surface area (Å²) in [5.74, 6) is -0.832. The molecule has 44 heavy (non-hydrogen) atoms. The molecule has 1 saturated heterocycles. The Kier molecular flexibility index (Phi) is 11.1. The van der Waals surface area contributed by atoms with Gasteiger partial charge in [-0.05, 0) is 61.1 Å². The summed E-state index contributed by atoms with van der Waals surface area (Å²) in [7, 11) is 0. The van der Waals surface area contributed by atoms with E-state index in [0.717, 1.165) is 55.2 Å². The largest absolute Gasteiger partial charge is 0.444 e. The monoisotopic (exact) mass is 604 g/mol. The fraction of sp³-hybridized carbons (Fsp3) is 0.556. The van der Waals surface area contributed by atoms with Gasteiger partial charge in [-0.15, -0.1) is 0 Å². The van der Waals surface area contributed by atoms with Crippen LogP contribution in [0.15, 0.2) is 60.7 Å². The second-order valence-electron chi connectivity index (χ2n) is 13.0. The number of rotatable bonds is 12. The Labute approximate surface area is 261 Å². The van der Waals surface area contributed by atoms with Crippen LogP contribution in [0.4, 0.5) is 4.79 Å². The van der Waals surface area contributed by atoms with Crippen molar-refractivity contribution in [3.63, 3.8) is 0 Å². The minimum Gasteiger partial charge on any atom is -0.444 e. The van der Waals surface area contributed by atoms with Crippen LogP contribution in [0, 0.1) is 11.3 Å². The van der Waals surface area contributed by atoms with Crippen molar-refractivity contribution in [2.75, 3.05) is 13.2 Å². The summed E-state index contributed by atoms with van der Waals surface area (Å²) in [5, 5.41) is 26.4. The molecule has 1 saturated carbocycles. The average molecular weight is 605 g/mol. The van der Waals surface area contributed by atoms with Gasteiger partial charge in [0.2, 0.25) is 5.91 Å². The quantitative estimate of drug-likeness (QED) is 0.262. The number of ether oxygens (including phenoxy) is 2. The lowest BCUT2D eigenvalue weighted by Gasteiger charge is -2.41. The Bertz CT molecular complexity index is 1260. The van der Waals surface area contributed by atoms with Crippen molar-refractivity contribution >= 4 is 18.1 Å². The van der Waals surface area contributed by atoms with Gasteiger partial charge in [0.05, 0.1) is 30.3 Å². The van der Waals surface area contributed by atoms with Crippen LogP contribution in [0.25, 0.3) is 6.08 Å². The first-order valence-corrected chi connectivity index (χ1v) is 16.4. The van der Waals surface area contributed by atoms with Gasteiger partial charge in [-0.3, -0.25) is 4.79 Å². The lowest BCUT2D eigenvalue weighted by Crippen LogP contribution is -2.52. The van der Waals surface area contributed by atoms with E-state index in [-0.39, 0.29) is 18.9 Å². The number of carbonyl (C=O) groups is 2. The zero-order chi connectivity index (χ0) is 30.9. The lowest BCUT2D eigenvalue weighted by molar-refractivity contribution is -0.133. The predicted octanol–water partition coefficient (Wildman–Crippen LogP) is 5.26. The van der Waals surface area contributed by atoms with E-state index < -0.39 is 41.6 Å². The Morgan fingerprint density at radius 1 is 1.05 bits per heavy atom. The highest BCUT2D eigenvalue weighted by molar-refractivity contribution is 5.83. The van der Waals surface area contributed by atoms with Gasteiger partial charge in [0.15, 0.2) is 0 Å². The number of benzene rings is 2. The van der Waals surface area contributed by atoms with Crippen LogP contribution in [0.2, 0.25) is 0 Å². The molecule has 0 radical (unpaired) electrons. The highest BCUT2D eigenvalue weighted by Gasteiger charge is 2.52. The van der Waals surface area contributed by atoms with Crippen molar-refractivity contribution in [3.05, 3.63) is 77.4 Å². The van der Waals surface area contributed by atoms with Gasteiger partial charge in [-0.2, -0.15) is 0 Å². The number of alkyl carbamates (subject to hydrolysis) is 1. The third-order valence-electron chi connectivity index (χ3n) is 9.93. The molecule has 6 atom stereocenters. The molecular formula is C36H48N2O6. The summed E-state index contributed by atoms with van der Waals surface area (Å²) in [6.45, 7) is 1.02. The number of aliphatic hydroxyl groups is 2. The molecule has 1 heterocycles. The highest BCUT2D eigenvalue weighted by atomic mass is 16.6. The SMILES string of the molecule is NC(=O)[C@](C/C=C\c1ccccc1)(C[C@H](O)C(CC1CCCCC1)NC(=O)O[C@H]1CCCOC1)[C@@H]1c2ccccc2C[C@H]1O. The summed E-state index contributed by atoms with van der Waals surface area (Å²) in [5.41, 5.74) is 7.82. The first kappa shape index (κ1) is 32.2. The van der Waals surface area contributed by atoms with Crippen molar-refractivity contribution in [3.8, 4) is 0 Å². The number of nitrogens with one attached hydrogen (secondary N) is 1. The van der Waals surface area contributed by atoms with Gasteiger partial charge >= 0.3 is 6.09 Å². The van der Waals surface area contributed by atoms with Crippen molar-refractivity contribution in [2.45, 2.75) is 101 Å². The molecular weight excluding hydrogens is 556 g/mol. The molecule has 1 aliphatic heterocycles. The van der Waals surface area contributed by atoms with Crippen LogP contribution in [0.5, 0.6) is 0 Å². The van der Waals surface area contributed by atoms with Gasteiger partial charge in [0.1, 0.15) is 6.10 Å². The summed E-state index contributed by atoms with van der Waals surface area (Å²) < 4.78 is 11.2. The number of aliphatic hydroxyl groups excluding tert-OH is 2. The second-order valence-corrected chi connectivity index (χ2v) is 13.0. The van der Waals surface area contributed by atoms with Crippen LogP contribution in [0.1, 0.15) is 86.8 Å². The molecule has 0 spiro atoms. The number of hydrogen-bond donors (Lipinski definition) is 4. The van der Waals surface area contributed by atoms with Crippen molar-refractivity contribution in [1.82, 2.24) is 5.32 Å². The zero-order valence-corrected chi connectivity index (χ0v) is 25.6. The van der Waals surface area contributed by atoms with Crippen LogP contribution >= 0.6 is 0 Å². The minimum absolute atomic E-state index is 0.0122. The highest BCUT2D eigenvalue weighted by Crippen LogP contribution is 2.51. The Balaban J connectivity index is 1.44. The van der Waals surface area contributed by atoms with Crippen LogP contribution < -0.4 is 11.1 Å². The molecule has 8 nitrogen and oxygen atoms in total. The first-order valence-electron chi connectivity index (χ1n) is 16.4. The number of carbonyl (C=O) groups excluding carboxylic acids is 2. The molecule has 2 amide bonds. The van der Waals surface area contributed by atoms with Gasteiger partial charge in [0, 0.05) is 12.5 Å². The maximum absolute atomic E-state index is 13.7.